The molecule has 0 spiro atoms. The number of rotatable bonds is 6. The fraction of sp³-hybridized carbons (Fsp3) is 0.391. The van der Waals surface area contributed by atoms with Crippen LogP contribution in [0.1, 0.15) is 41.0 Å². The van der Waals surface area contributed by atoms with Crippen LogP contribution in [-0.4, -0.2) is 58.7 Å². The molecule has 0 radical (unpaired) electrons. The Labute approximate surface area is 206 Å². The minimum absolute atomic E-state index is 0.228. The number of halogens is 3. The fourth-order valence-corrected chi connectivity index (χ4v) is 5.07. The Balaban J connectivity index is 1.73. The minimum atomic E-state index is -4.45. The second kappa shape index (κ2) is 8.66. The van der Waals surface area contributed by atoms with E-state index in [-0.39, 0.29) is 17.3 Å². The van der Waals surface area contributed by atoms with Gasteiger partial charge in [0.1, 0.15) is 6.54 Å². The number of nitrogens with zero attached hydrogens (tertiary/aromatic N) is 6. The quantitative estimate of drug-likeness (QED) is 0.491. The van der Waals surface area contributed by atoms with E-state index in [0.717, 1.165) is 8.99 Å². The van der Waals surface area contributed by atoms with Crippen LogP contribution in [0.2, 0.25) is 0 Å². The third-order valence-corrected chi connectivity index (χ3v) is 7.80. The molecule has 0 unspecified atom stereocenters. The zero-order chi connectivity index (χ0) is 26.6. The van der Waals surface area contributed by atoms with Crippen molar-refractivity contribution in [3.05, 3.63) is 59.3 Å². The number of fused-ring (bicyclic) bond motifs is 1. The molecule has 9 nitrogen and oxygen atoms in total. The van der Waals surface area contributed by atoms with Gasteiger partial charge in [0.15, 0.2) is 0 Å². The largest absolute Gasteiger partial charge is 0.408 e. The molecule has 3 aromatic rings. The van der Waals surface area contributed by atoms with Crippen LogP contribution in [0.15, 0.2) is 36.9 Å². The summed E-state index contributed by atoms with van der Waals surface area (Å²) >= 11 is 0. The van der Waals surface area contributed by atoms with E-state index in [0.29, 0.717) is 33.6 Å². The highest BCUT2D eigenvalue weighted by Gasteiger charge is 2.47. The van der Waals surface area contributed by atoms with E-state index in [1.807, 2.05) is 0 Å². The maximum atomic E-state index is 13.4. The van der Waals surface area contributed by atoms with Gasteiger partial charge in [-0.05, 0) is 44.0 Å². The third kappa shape index (κ3) is 4.72. The molecule has 0 saturated heterocycles. The molecule has 0 N–H and O–H groups in total. The van der Waals surface area contributed by atoms with Crippen molar-refractivity contribution in [1.29, 1.82) is 0 Å². The van der Waals surface area contributed by atoms with Crippen molar-refractivity contribution >= 4 is 21.6 Å². The Morgan fingerprint density at radius 3 is 2.44 bits per heavy atom. The molecular formula is C23H25F3N6O3S. The predicted octanol–water partition coefficient (Wildman–Crippen LogP) is 3.50. The first kappa shape index (κ1) is 25.8. The van der Waals surface area contributed by atoms with Crippen LogP contribution in [0.5, 0.6) is 0 Å². The molecule has 1 amide bonds. The van der Waals surface area contributed by atoms with E-state index < -0.39 is 28.3 Å². The van der Waals surface area contributed by atoms with Crippen LogP contribution in [0, 0.1) is 6.92 Å². The number of hydrogen-bond donors (Lipinski definition) is 0. The van der Waals surface area contributed by atoms with E-state index >= 15 is 0 Å². The highest BCUT2D eigenvalue weighted by molar-refractivity contribution is 7.88. The van der Waals surface area contributed by atoms with Gasteiger partial charge in [0.25, 0.3) is 5.91 Å². The maximum absolute atomic E-state index is 13.4. The van der Waals surface area contributed by atoms with Gasteiger partial charge in [-0.1, -0.05) is 0 Å². The van der Waals surface area contributed by atoms with Gasteiger partial charge in [0, 0.05) is 38.2 Å². The van der Waals surface area contributed by atoms with Gasteiger partial charge < -0.3 is 0 Å². The highest BCUT2D eigenvalue weighted by Crippen LogP contribution is 2.43. The molecule has 0 fully saturated rings. The summed E-state index contributed by atoms with van der Waals surface area (Å²) in [6, 6.07) is 3.40. The molecule has 192 valence electrons. The van der Waals surface area contributed by atoms with Gasteiger partial charge in [0.2, 0.25) is 10.0 Å². The zero-order valence-corrected chi connectivity index (χ0v) is 21.1. The lowest BCUT2D eigenvalue weighted by molar-refractivity contribution is -0.142. The molecule has 0 atom stereocenters. The average Bonchev–Trinajstić information content (AvgIpc) is 3.25. The van der Waals surface area contributed by atoms with Gasteiger partial charge in [-0.3, -0.25) is 19.4 Å². The lowest BCUT2D eigenvalue weighted by Crippen LogP contribution is -2.39. The zero-order valence-electron chi connectivity index (χ0n) is 20.3. The Morgan fingerprint density at radius 1 is 1.11 bits per heavy atom. The Bertz CT molecular complexity index is 1450. The summed E-state index contributed by atoms with van der Waals surface area (Å²) in [6.45, 7) is 4.00. The first-order valence-electron chi connectivity index (χ1n) is 10.9. The molecule has 0 bridgehead atoms. The van der Waals surface area contributed by atoms with E-state index in [4.69, 9.17) is 4.98 Å². The first-order valence-corrected chi connectivity index (χ1v) is 12.5. The van der Waals surface area contributed by atoms with Gasteiger partial charge in [0.05, 0.1) is 40.1 Å². The van der Waals surface area contributed by atoms with Crippen LogP contribution >= 0.6 is 0 Å². The molecule has 3 aromatic heterocycles. The molecule has 13 heteroatoms. The normalized spacial score (nSPS) is 15.6. The SMILES string of the molecule is Cc1cc(-c2cncc(CS(=O)(=O)N(C)C)c2)nc2c1C(=O)N(c1cnn(CC(F)(F)F)c1)C2(C)C. The number of pyridine rings is 2. The second-order valence-electron chi connectivity index (χ2n) is 9.38. The Hall–Kier alpha value is -3.32. The summed E-state index contributed by atoms with van der Waals surface area (Å²) in [5.41, 5.74) is 2.25. The van der Waals surface area contributed by atoms with Crippen molar-refractivity contribution in [3.63, 3.8) is 0 Å². The van der Waals surface area contributed by atoms with E-state index in [1.165, 1.54) is 37.6 Å². The molecule has 4 rings (SSSR count). The average molecular weight is 523 g/mol. The topological polar surface area (TPSA) is 101 Å². The molecular weight excluding hydrogens is 497 g/mol. The number of anilines is 1. The Kier molecular flexibility index (Phi) is 6.20. The molecule has 1 aliphatic rings. The number of hydrogen-bond acceptors (Lipinski definition) is 6. The second-order valence-corrected chi connectivity index (χ2v) is 11.6. The summed E-state index contributed by atoms with van der Waals surface area (Å²) in [7, 11) is -0.590. The van der Waals surface area contributed by atoms with Crippen molar-refractivity contribution in [1.82, 2.24) is 24.1 Å². The highest BCUT2D eigenvalue weighted by atomic mass is 32.2. The maximum Gasteiger partial charge on any atom is 0.408 e. The predicted molar refractivity (Wildman–Crippen MR) is 127 cm³/mol. The van der Waals surface area contributed by atoms with Crippen molar-refractivity contribution in [2.24, 2.45) is 0 Å². The number of carbonyl (C=O) groups is 1. The smallest absolute Gasteiger partial charge is 0.294 e. The van der Waals surface area contributed by atoms with Crippen LogP contribution in [0.25, 0.3) is 11.3 Å². The van der Waals surface area contributed by atoms with Gasteiger partial charge in [-0.15, -0.1) is 0 Å². The monoisotopic (exact) mass is 522 g/mol. The van der Waals surface area contributed by atoms with E-state index in [9.17, 15) is 26.4 Å². The lowest BCUT2D eigenvalue weighted by atomic mass is 9.96. The fourth-order valence-electron chi connectivity index (χ4n) is 4.23. The van der Waals surface area contributed by atoms with Crippen molar-refractivity contribution < 1.29 is 26.4 Å². The summed E-state index contributed by atoms with van der Waals surface area (Å²) in [5, 5.41) is 3.77. The lowest BCUT2D eigenvalue weighted by Gasteiger charge is -2.30. The summed E-state index contributed by atoms with van der Waals surface area (Å²) in [5.74, 6) is -0.619. The molecule has 4 heterocycles. The van der Waals surface area contributed by atoms with Crippen LogP contribution < -0.4 is 4.90 Å². The number of aromatic nitrogens is 4. The summed E-state index contributed by atoms with van der Waals surface area (Å²) < 4.78 is 64.9. The summed E-state index contributed by atoms with van der Waals surface area (Å²) in [4.78, 5) is 23.7. The van der Waals surface area contributed by atoms with Crippen molar-refractivity contribution in [2.75, 3.05) is 19.0 Å². The number of aryl methyl sites for hydroxylation is 1. The Morgan fingerprint density at radius 2 is 1.81 bits per heavy atom. The molecule has 0 aliphatic carbocycles. The van der Waals surface area contributed by atoms with Crippen molar-refractivity contribution in [2.45, 2.75) is 44.8 Å². The van der Waals surface area contributed by atoms with Crippen molar-refractivity contribution in [3.8, 4) is 11.3 Å². The molecule has 0 aromatic carbocycles. The van der Waals surface area contributed by atoms with Crippen LogP contribution in [0.4, 0.5) is 18.9 Å². The van der Waals surface area contributed by atoms with Crippen LogP contribution in [0.3, 0.4) is 0 Å². The van der Waals surface area contributed by atoms with E-state index in [2.05, 4.69) is 10.1 Å². The number of alkyl halides is 3. The number of carbonyl (C=O) groups excluding carboxylic acids is 1. The van der Waals surface area contributed by atoms with Gasteiger partial charge in [-0.25, -0.2) is 17.7 Å². The summed E-state index contributed by atoms with van der Waals surface area (Å²) in [6.07, 6.45) is 0.999. The first-order chi connectivity index (χ1) is 16.6. The number of sulfonamides is 1. The van der Waals surface area contributed by atoms with Gasteiger partial charge in [-0.2, -0.15) is 18.3 Å². The molecule has 36 heavy (non-hydrogen) atoms. The minimum Gasteiger partial charge on any atom is -0.294 e. The number of amides is 1. The van der Waals surface area contributed by atoms with E-state index in [1.54, 1.807) is 39.1 Å². The molecule has 1 aliphatic heterocycles. The standard InChI is InChI=1S/C23H25F3N6O3S/c1-14-6-18(16-7-15(8-27-9-16)12-36(34,35)30(4)5)29-20-19(14)21(33)32(22(20,2)3)17-10-28-31(11-17)13-23(24,25)26/h6-11H,12-13H2,1-5H3. The van der Waals surface area contributed by atoms with Gasteiger partial charge >= 0.3 is 6.18 Å². The van der Waals surface area contributed by atoms with Crippen LogP contribution in [-0.2, 0) is 27.9 Å². The third-order valence-electron chi connectivity index (χ3n) is 5.99. The molecule has 0 saturated carbocycles.